The van der Waals surface area contributed by atoms with Crippen LogP contribution in [0.1, 0.15) is 32.6 Å². The van der Waals surface area contributed by atoms with Crippen LogP contribution < -0.4 is 21.1 Å². The number of methoxy groups -OCH3 is 1. The van der Waals surface area contributed by atoms with Gasteiger partial charge in [0.25, 0.3) is 5.91 Å². The number of nitrogens with one attached hydrogen (secondary N) is 2. The molecular formula is C26H31N7O4S. The number of primary amides is 1. The average molecular weight is 538 g/mol. The minimum absolute atomic E-state index is 0.140. The molecule has 0 aliphatic carbocycles. The van der Waals surface area contributed by atoms with Crippen molar-refractivity contribution in [2.45, 2.75) is 25.9 Å². The van der Waals surface area contributed by atoms with Crippen molar-refractivity contribution in [3.8, 4) is 5.75 Å². The van der Waals surface area contributed by atoms with Crippen LogP contribution >= 0.6 is 0 Å². The lowest BCUT2D eigenvalue weighted by Gasteiger charge is -2.28. The summed E-state index contributed by atoms with van der Waals surface area (Å²) in [5, 5.41) is 6.48. The monoisotopic (exact) mass is 537 g/mol. The van der Waals surface area contributed by atoms with Gasteiger partial charge in [-0.3, -0.25) is 4.79 Å². The number of ether oxygens (including phenoxy) is 1. The molecule has 2 aliphatic rings. The molecule has 0 fully saturated rings. The predicted octanol–water partition coefficient (Wildman–Crippen LogP) is 2.38. The van der Waals surface area contributed by atoms with Gasteiger partial charge in [-0.25, -0.2) is 13.4 Å². The van der Waals surface area contributed by atoms with E-state index in [0.29, 0.717) is 18.7 Å². The van der Waals surface area contributed by atoms with Crippen molar-refractivity contribution in [2.24, 2.45) is 5.73 Å². The first-order valence-electron chi connectivity index (χ1n) is 12.3. The normalized spacial score (nSPS) is 15.9. The summed E-state index contributed by atoms with van der Waals surface area (Å²) in [6.45, 7) is 2.48. The highest BCUT2D eigenvalue weighted by Crippen LogP contribution is 2.34. The number of hydrogen-bond acceptors (Lipinski definition) is 9. The van der Waals surface area contributed by atoms with E-state index in [1.807, 2.05) is 30.3 Å². The van der Waals surface area contributed by atoms with Crippen molar-refractivity contribution in [1.29, 1.82) is 0 Å². The van der Waals surface area contributed by atoms with E-state index in [9.17, 15) is 13.2 Å². The van der Waals surface area contributed by atoms with Crippen LogP contribution in [-0.2, 0) is 36.0 Å². The number of aromatic nitrogens is 2. The van der Waals surface area contributed by atoms with Gasteiger partial charge < -0.3 is 26.0 Å². The van der Waals surface area contributed by atoms with E-state index in [4.69, 9.17) is 10.5 Å². The lowest BCUT2D eigenvalue weighted by Crippen LogP contribution is -2.35. The van der Waals surface area contributed by atoms with Gasteiger partial charge >= 0.3 is 0 Å². The highest BCUT2D eigenvalue weighted by Gasteiger charge is 2.25. The second kappa shape index (κ2) is 10.2. The Hall–Kier alpha value is -3.74. The molecule has 38 heavy (non-hydrogen) atoms. The molecule has 2 aromatic carbocycles. The smallest absolute Gasteiger partial charge is 0.254 e. The van der Waals surface area contributed by atoms with Crippen molar-refractivity contribution in [3.05, 3.63) is 64.3 Å². The molecular weight excluding hydrogens is 506 g/mol. The fourth-order valence-electron chi connectivity index (χ4n) is 4.94. The summed E-state index contributed by atoms with van der Waals surface area (Å²) in [5.41, 5.74) is 11.5. The number of nitrogens with zero attached hydrogens (tertiary/aromatic N) is 4. The number of likely N-dealkylation sites (N-methyl/N-ethyl adjacent to an activating group) is 1. The van der Waals surface area contributed by atoms with Gasteiger partial charge in [-0.05, 0) is 60.3 Å². The first kappa shape index (κ1) is 25.9. The van der Waals surface area contributed by atoms with Crippen LogP contribution in [0.4, 0.5) is 23.1 Å². The number of hydrogen-bond donors (Lipinski definition) is 3. The van der Waals surface area contributed by atoms with E-state index >= 15 is 0 Å². The second-order valence-electron chi connectivity index (χ2n) is 9.67. The lowest BCUT2D eigenvalue weighted by atomic mass is 9.99. The van der Waals surface area contributed by atoms with Gasteiger partial charge in [0.2, 0.25) is 16.0 Å². The molecule has 1 amide bonds. The molecule has 2 aliphatic heterocycles. The highest BCUT2D eigenvalue weighted by molar-refractivity contribution is 7.88. The van der Waals surface area contributed by atoms with Crippen LogP contribution in [0.25, 0.3) is 0 Å². The molecule has 11 nitrogen and oxygen atoms in total. The highest BCUT2D eigenvalue weighted by atomic mass is 32.2. The van der Waals surface area contributed by atoms with Crippen LogP contribution in [-0.4, -0.2) is 67.0 Å². The third-order valence-electron chi connectivity index (χ3n) is 6.98. The van der Waals surface area contributed by atoms with Crippen LogP contribution in [0.15, 0.2) is 36.5 Å². The van der Waals surface area contributed by atoms with E-state index in [0.717, 1.165) is 42.0 Å². The molecule has 0 radical (unpaired) electrons. The number of amides is 1. The first-order valence-corrected chi connectivity index (χ1v) is 14.1. The Labute approximate surface area is 222 Å². The van der Waals surface area contributed by atoms with E-state index in [1.54, 1.807) is 7.11 Å². The molecule has 200 valence electrons. The Morgan fingerprint density at radius 2 is 1.87 bits per heavy atom. The molecule has 0 spiro atoms. The Morgan fingerprint density at radius 1 is 1.05 bits per heavy atom. The number of fused-ring (bicyclic) bond motifs is 2. The summed E-state index contributed by atoms with van der Waals surface area (Å²) in [5.74, 6) is 0.540. The van der Waals surface area contributed by atoms with E-state index < -0.39 is 15.9 Å². The molecule has 0 atom stereocenters. The van der Waals surface area contributed by atoms with Gasteiger partial charge in [0, 0.05) is 38.1 Å². The number of nitrogens with two attached hydrogens (primary N) is 1. The van der Waals surface area contributed by atoms with Gasteiger partial charge in [0.05, 0.1) is 19.1 Å². The summed E-state index contributed by atoms with van der Waals surface area (Å²) >= 11 is 0. The zero-order valence-corrected chi connectivity index (χ0v) is 22.4. The van der Waals surface area contributed by atoms with Crippen molar-refractivity contribution in [1.82, 2.24) is 19.2 Å². The fraction of sp³-hybridized carbons (Fsp3) is 0.346. The van der Waals surface area contributed by atoms with Gasteiger partial charge in [-0.1, -0.05) is 12.1 Å². The number of anilines is 4. The molecule has 5 rings (SSSR count). The van der Waals surface area contributed by atoms with Crippen LogP contribution in [0.2, 0.25) is 0 Å². The van der Waals surface area contributed by atoms with Crippen LogP contribution in [0.5, 0.6) is 5.75 Å². The third kappa shape index (κ3) is 5.28. The summed E-state index contributed by atoms with van der Waals surface area (Å²) in [6.07, 6.45) is 4.07. The van der Waals surface area contributed by atoms with E-state index in [1.165, 1.54) is 27.9 Å². The van der Waals surface area contributed by atoms with Crippen molar-refractivity contribution < 1.29 is 17.9 Å². The standard InChI is InChI=1S/C26H31N7O4S/c1-32-9-7-16-12-23(37-2)22(11-18(16)14-32)30-26-28-13-20(24(27)34)25(31-26)29-21-6-4-5-17-15-33(38(3,35)36)10-8-19(17)21/h4-6,11-13H,7-10,14-15H2,1-3H3,(H2,27,34)(H2,28,29,30,31). The van der Waals surface area contributed by atoms with E-state index in [2.05, 4.69) is 32.5 Å². The maximum Gasteiger partial charge on any atom is 0.254 e. The molecule has 0 saturated heterocycles. The fourth-order valence-corrected chi connectivity index (χ4v) is 5.74. The molecule has 0 bridgehead atoms. The van der Waals surface area contributed by atoms with Crippen molar-refractivity contribution >= 4 is 39.1 Å². The number of carbonyl (C=O) groups is 1. The van der Waals surface area contributed by atoms with Gasteiger partial charge in [0.15, 0.2) is 0 Å². The second-order valence-corrected chi connectivity index (χ2v) is 11.7. The lowest BCUT2D eigenvalue weighted by molar-refractivity contribution is 0.100. The first-order chi connectivity index (χ1) is 18.1. The molecule has 0 unspecified atom stereocenters. The predicted molar refractivity (Wildman–Crippen MR) is 146 cm³/mol. The Bertz CT molecular complexity index is 1510. The molecule has 0 saturated carbocycles. The van der Waals surface area contributed by atoms with E-state index in [-0.39, 0.29) is 23.9 Å². The zero-order valence-electron chi connectivity index (χ0n) is 21.6. The van der Waals surface area contributed by atoms with Gasteiger partial charge in [-0.15, -0.1) is 0 Å². The maximum absolute atomic E-state index is 12.2. The van der Waals surface area contributed by atoms with Gasteiger partial charge in [-0.2, -0.15) is 9.29 Å². The third-order valence-corrected chi connectivity index (χ3v) is 8.23. The minimum Gasteiger partial charge on any atom is -0.495 e. The van der Waals surface area contributed by atoms with Crippen LogP contribution in [0.3, 0.4) is 0 Å². The number of sulfonamides is 1. The minimum atomic E-state index is -3.30. The molecule has 12 heteroatoms. The van der Waals surface area contributed by atoms with Crippen molar-refractivity contribution in [3.63, 3.8) is 0 Å². The quantitative estimate of drug-likeness (QED) is 0.414. The number of carbonyl (C=O) groups excluding carboxylic acids is 1. The summed E-state index contributed by atoms with van der Waals surface area (Å²) < 4.78 is 31.2. The Kier molecular flexibility index (Phi) is 6.95. The zero-order chi connectivity index (χ0) is 27.0. The van der Waals surface area contributed by atoms with Crippen LogP contribution in [0, 0.1) is 0 Å². The molecule has 4 N–H and O–H groups in total. The molecule has 1 aromatic heterocycles. The summed E-state index contributed by atoms with van der Waals surface area (Å²) in [6, 6.07) is 9.70. The van der Waals surface area contributed by atoms with Crippen molar-refractivity contribution in [2.75, 3.05) is 44.1 Å². The number of benzene rings is 2. The molecule has 3 heterocycles. The summed E-state index contributed by atoms with van der Waals surface area (Å²) in [4.78, 5) is 23.4. The summed E-state index contributed by atoms with van der Waals surface area (Å²) in [7, 11) is 0.410. The Morgan fingerprint density at radius 3 is 2.61 bits per heavy atom. The van der Waals surface area contributed by atoms with Gasteiger partial charge in [0.1, 0.15) is 17.1 Å². The largest absolute Gasteiger partial charge is 0.495 e. The topological polar surface area (TPSA) is 143 Å². The molecule has 3 aromatic rings. The number of rotatable bonds is 7. The SMILES string of the molecule is COc1cc2c(cc1Nc1ncc(C(N)=O)c(Nc3cccc4c3CCN(S(C)(=O)=O)C4)n1)CN(C)CC2. The Balaban J connectivity index is 1.46. The maximum atomic E-state index is 12.2. The average Bonchev–Trinajstić information content (AvgIpc) is 2.87.